The number of hydrogen-bond acceptors (Lipinski definition) is 4. The number of aromatic hydroxyl groups is 1. The molecule has 2 aromatic rings. The number of fused-ring (bicyclic) bond motifs is 2. The molecule has 0 saturated heterocycles. The van der Waals surface area contributed by atoms with Crippen molar-refractivity contribution in [3.8, 4) is 5.75 Å². The standard InChI is InChI=1S/C25H30N2O2/c1-4-16-10-18-12-20(13-19(18)11-17(16)5-2)26-14-24(29)21-8-9-23(28)25-22(21)7-6-15(3)27-25/h6-11,20,24,26-29H,3-5,12-14H2,1-2H3/t24-/m1/s1. The molecule has 0 bridgehead atoms. The fraction of sp³-hybridized carbons (Fsp3) is 0.360. The number of phenolic OH excluding ortho intramolecular Hbond substituents is 1. The summed E-state index contributed by atoms with van der Waals surface area (Å²) < 4.78 is 0. The predicted octanol–water partition coefficient (Wildman–Crippen LogP) is 4.26. The average molecular weight is 391 g/mol. The van der Waals surface area contributed by atoms with E-state index in [-0.39, 0.29) is 5.75 Å². The van der Waals surface area contributed by atoms with Crippen molar-refractivity contribution in [3.63, 3.8) is 0 Å². The summed E-state index contributed by atoms with van der Waals surface area (Å²) in [7, 11) is 0. The number of aryl methyl sites for hydroxylation is 2. The first-order valence-electron chi connectivity index (χ1n) is 10.5. The summed E-state index contributed by atoms with van der Waals surface area (Å²) in [5.74, 6) is 0.166. The normalized spacial score (nSPS) is 16.4. The highest BCUT2D eigenvalue weighted by atomic mass is 16.3. The molecule has 0 amide bonds. The molecule has 4 N–H and O–H groups in total. The van der Waals surface area contributed by atoms with E-state index in [1.165, 1.54) is 22.3 Å². The van der Waals surface area contributed by atoms with Gasteiger partial charge in [0.05, 0.1) is 11.8 Å². The lowest BCUT2D eigenvalue weighted by Crippen LogP contribution is -2.33. The third-order valence-corrected chi connectivity index (χ3v) is 6.17. The van der Waals surface area contributed by atoms with Crippen LogP contribution in [0, 0.1) is 0 Å². The van der Waals surface area contributed by atoms with Gasteiger partial charge in [0.2, 0.25) is 0 Å². The highest BCUT2D eigenvalue weighted by Gasteiger charge is 2.24. The Morgan fingerprint density at radius 3 is 2.38 bits per heavy atom. The van der Waals surface area contributed by atoms with Crippen LogP contribution in [-0.4, -0.2) is 22.8 Å². The van der Waals surface area contributed by atoms with Crippen molar-refractivity contribution in [2.24, 2.45) is 0 Å². The molecule has 4 rings (SSSR count). The lowest BCUT2D eigenvalue weighted by atomic mass is 9.96. The van der Waals surface area contributed by atoms with E-state index in [4.69, 9.17) is 0 Å². The number of phenols is 1. The summed E-state index contributed by atoms with van der Waals surface area (Å²) >= 11 is 0. The highest BCUT2D eigenvalue weighted by molar-refractivity contribution is 5.81. The molecule has 0 radical (unpaired) electrons. The average Bonchev–Trinajstić information content (AvgIpc) is 3.13. The largest absolute Gasteiger partial charge is 0.506 e. The second-order valence-electron chi connectivity index (χ2n) is 8.07. The molecular formula is C25H30N2O2. The number of nitrogens with one attached hydrogen (secondary N) is 2. The number of rotatable bonds is 6. The first kappa shape index (κ1) is 19.7. The molecule has 2 aromatic carbocycles. The number of aliphatic hydroxyl groups excluding tert-OH is 1. The van der Waals surface area contributed by atoms with Gasteiger partial charge in [-0.25, -0.2) is 0 Å². The van der Waals surface area contributed by atoms with Gasteiger partial charge in [-0.15, -0.1) is 0 Å². The molecule has 1 aliphatic heterocycles. The van der Waals surface area contributed by atoms with Crippen molar-refractivity contribution in [1.82, 2.24) is 5.32 Å². The molecule has 29 heavy (non-hydrogen) atoms. The Kier molecular flexibility index (Phi) is 5.48. The van der Waals surface area contributed by atoms with Gasteiger partial charge in [0.25, 0.3) is 0 Å². The van der Waals surface area contributed by atoms with Crippen LogP contribution in [0.1, 0.15) is 53.3 Å². The molecular weight excluding hydrogens is 360 g/mol. The monoisotopic (exact) mass is 390 g/mol. The molecule has 0 saturated carbocycles. The van der Waals surface area contributed by atoms with Crippen LogP contribution in [0.5, 0.6) is 5.75 Å². The van der Waals surface area contributed by atoms with Gasteiger partial charge >= 0.3 is 0 Å². The summed E-state index contributed by atoms with van der Waals surface area (Å²) in [6.07, 6.45) is 7.28. The Morgan fingerprint density at radius 2 is 1.76 bits per heavy atom. The molecule has 0 fully saturated rings. The first-order chi connectivity index (χ1) is 14.0. The summed E-state index contributed by atoms with van der Waals surface area (Å²) in [6.45, 7) is 8.80. The maximum Gasteiger partial charge on any atom is 0.139 e. The maximum absolute atomic E-state index is 10.8. The van der Waals surface area contributed by atoms with Gasteiger partial charge in [0, 0.05) is 23.8 Å². The topological polar surface area (TPSA) is 64.5 Å². The third-order valence-electron chi connectivity index (χ3n) is 6.17. The summed E-state index contributed by atoms with van der Waals surface area (Å²) in [5, 5.41) is 27.6. The summed E-state index contributed by atoms with van der Waals surface area (Å²) in [5.41, 5.74) is 8.77. The van der Waals surface area contributed by atoms with Crippen molar-refractivity contribution in [1.29, 1.82) is 0 Å². The fourth-order valence-electron chi connectivity index (χ4n) is 4.58. The second-order valence-corrected chi connectivity index (χ2v) is 8.07. The van der Waals surface area contributed by atoms with E-state index in [0.29, 0.717) is 18.3 Å². The Labute approximate surface area is 173 Å². The molecule has 1 heterocycles. The van der Waals surface area contributed by atoms with Gasteiger partial charge in [0.15, 0.2) is 0 Å². The van der Waals surface area contributed by atoms with E-state index in [1.807, 2.05) is 12.2 Å². The van der Waals surface area contributed by atoms with Gasteiger partial charge < -0.3 is 20.8 Å². The van der Waals surface area contributed by atoms with E-state index >= 15 is 0 Å². The highest BCUT2D eigenvalue weighted by Crippen LogP contribution is 2.37. The minimum atomic E-state index is -0.650. The lowest BCUT2D eigenvalue weighted by molar-refractivity contribution is 0.170. The molecule has 4 nitrogen and oxygen atoms in total. The van der Waals surface area contributed by atoms with E-state index in [2.05, 4.69) is 43.2 Å². The smallest absolute Gasteiger partial charge is 0.139 e. The molecule has 1 aliphatic carbocycles. The molecule has 0 unspecified atom stereocenters. The van der Waals surface area contributed by atoms with Crippen LogP contribution in [0.3, 0.4) is 0 Å². The second kappa shape index (κ2) is 8.05. The van der Waals surface area contributed by atoms with Crippen LogP contribution in [0.15, 0.2) is 42.6 Å². The fourth-order valence-corrected chi connectivity index (χ4v) is 4.58. The Balaban J connectivity index is 1.45. The predicted molar refractivity (Wildman–Crippen MR) is 119 cm³/mol. The zero-order valence-corrected chi connectivity index (χ0v) is 17.3. The van der Waals surface area contributed by atoms with Crippen LogP contribution in [0.2, 0.25) is 0 Å². The van der Waals surface area contributed by atoms with Crippen LogP contribution < -0.4 is 10.6 Å². The molecule has 2 aliphatic rings. The lowest BCUT2D eigenvalue weighted by Gasteiger charge is -2.23. The van der Waals surface area contributed by atoms with Gasteiger partial charge in [-0.1, -0.05) is 44.7 Å². The van der Waals surface area contributed by atoms with Gasteiger partial charge in [-0.3, -0.25) is 0 Å². The minimum absolute atomic E-state index is 0.166. The third kappa shape index (κ3) is 3.83. The zero-order chi connectivity index (χ0) is 20.5. The number of aliphatic hydroxyl groups is 1. The van der Waals surface area contributed by atoms with Crippen molar-refractivity contribution in [3.05, 3.63) is 76.0 Å². The van der Waals surface area contributed by atoms with Crippen molar-refractivity contribution >= 4 is 11.8 Å². The SMILES string of the molecule is C=C1C=Cc2c([C@H](O)CNC3Cc4cc(CC)c(CC)cc4C3)ccc(O)c2N1. The molecule has 4 heteroatoms. The summed E-state index contributed by atoms with van der Waals surface area (Å²) in [4.78, 5) is 0. The van der Waals surface area contributed by atoms with E-state index in [1.54, 1.807) is 12.1 Å². The Hall–Kier alpha value is -2.56. The first-order valence-corrected chi connectivity index (χ1v) is 10.5. The van der Waals surface area contributed by atoms with Gasteiger partial charge in [-0.05, 0) is 65.6 Å². The number of benzene rings is 2. The minimum Gasteiger partial charge on any atom is -0.506 e. The van der Waals surface area contributed by atoms with Gasteiger partial charge in [0.1, 0.15) is 5.75 Å². The molecule has 0 aromatic heterocycles. The van der Waals surface area contributed by atoms with E-state index in [0.717, 1.165) is 42.5 Å². The quantitative estimate of drug-likeness (QED) is 0.557. The van der Waals surface area contributed by atoms with Crippen LogP contribution in [-0.2, 0) is 25.7 Å². The van der Waals surface area contributed by atoms with Crippen molar-refractivity contribution < 1.29 is 10.2 Å². The van der Waals surface area contributed by atoms with Crippen LogP contribution >= 0.6 is 0 Å². The number of anilines is 1. The van der Waals surface area contributed by atoms with Gasteiger partial charge in [-0.2, -0.15) is 0 Å². The summed E-state index contributed by atoms with van der Waals surface area (Å²) in [6, 6.07) is 8.53. The number of allylic oxidation sites excluding steroid dienone is 1. The number of hydrogen-bond donors (Lipinski definition) is 4. The molecule has 1 atom stereocenters. The van der Waals surface area contributed by atoms with Crippen molar-refractivity contribution in [2.45, 2.75) is 51.7 Å². The van der Waals surface area contributed by atoms with E-state index < -0.39 is 6.10 Å². The van der Waals surface area contributed by atoms with Crippen molar-refractivity contribution in [2.75, 3.05) is 11.9 Å². The molecule has 152 valence electrons. The van der Waals surface area contributed by atoms with E-state index in [9.17, 15) is 10.2 Å². The maximum atomic E-state index is 10.8. The zero-order valence-electron chi connectivity index (χ0n) is 17.3. The Bertz CT molecular complexity index is 944. The molecule has 0 spiro atoms. The van der Waals surface area contributed by atoms with Crippen LogP contribution in [0.4, 0.5) is 5.69 Å². The van der Waals surface area contributed by atoms with Crippen LogP contribution in [0.25, 0.3) is 6.08 Å². The Morgan fingerprint density at radius 1 is 1.10 bits per heavy atom.